The average Bonchev–Trinajstić information content (AvgIpc) is 2.91. The van der Waals surface area contributed by atoms with Crippen molar-refractivity contribution in [2.75, 3.05) is 7.11 Å². The molecule has 1 aromatic rings. The average molecular weight is 202 g/mol. The molecule has 3 rings (SSSR count). The first-order chi connectivity index (χ1) is 7.36. The van der Waals surface area contributed by atoms with Gasteiger partial charge in [0.25, 0.3) is 0 Å². The molecule has 2 aliphatic rings. The van der Waals surface area contributed by atoms with E-state index in [4.69, 9.17) is 4.74 Å². The van der Waals surface area contributed by atoms with Crippen molar-refractivity contribution in [1.82, 2.24) is 0 Å². The first-order valence-corrected chi connectivity index (χ1v) is 6.01. The fourth-order valence-electron chi connectivity index (χ4n) is 3.50. The van der Waals surface area contributed by atoms with Crippen LogP contribution in [0.2, 0.25) is 0 Å². The van der Waals surface area contributed by atoms with E-state index in [2.05, 4.69) is 24.3 Å². The van der Waals surface area contributed by atoms with Crippen molar-refractivity contribution in [1.29, 1.82) is 0 Å². The summed E-state index contributed by atoms with van der Waals surface area (Å²) in [6, 6.07) is 8.71. The predicted octanol–water partition coefficient (Wildman–Crippen LogP) is 3.60. The van der Waals surface area contributed by atoms with E-state index < -0.39 is 0 Å². The van der Waals surface area contributed by atoms with Gasteiger partial charge in [0.15, 0.2) is 0 Å². The van der Waals surface area contributed by atoms with Gasteiger partial charge < -0.3 is 4.74 Å². The summed E-state index contributed by atoms with van der Waals surface area (Å²) in [5.41, 5.74) is 1.53. The van der Waals surface area contributed by atoms with Crippen LogP contribution in [0.1, 0.15) is 37.2 Å². The highest BCUT2D eigenvalue weighted by atomic mass is 16.5. The first kappa shape index (κ1) is 9.26. The summed E-state index contributed by atoms with van der Waals surface area (Å²) in [6.07, 6.45) is 5.85. The molecule has 0 heterocycles. The highest BCUT2D eigenvalue weighted by Crippen LogP contribution is 2.52. The maximum Gasteiger partial charge on any atom is 0.118 e. The van der Waals surface area contributed by atoms with Crippen molar-refractivity contribution >= 4 is 0 Å². The Balaban J connectivity index is 1.81. The fourth-order valence-corrected chi connectivity index (χ4v) is 3.50. The van der Waals surface area contributed by atoms with E-state index in [1.165, 1.54) is 31.2 Å². The van der Waals surface area contributed by atoms with Gasteiger partial charge in [0.05, 0.1) is 7.11 Å². The third-order valence-corrected chi connectivity index (χ3v) is 4.28. The Morgan fingerprint density at radius 2 is 1.87 bits per heavy atom. The van der Waals surface area contributed by atoms with Gasteiger partial charge in [0, 0.05) is 0 Å². The standard InChI is InChI=1S/C14H18O/c1-15-13-6-4-11(5-7-13)14-9-10-2-3-12(14)8-10/h4-7,10,12,14H,2-3,8-9H2,1H3/t10-,12+,14+/m1/s1. The van der Waals surface area contributed by atoms with Crippen molar-refractivity contribution in [3.8, 4) is 5.75 Å². The highest BCUT2D eigenvalue weighted by molar-refractivity contribution is 5.30. The number of hydrogen-bond donors (Lipinski definition) is 0. The van der Waals surface area contributed by atoms with Crippen LogP contribution in [0.15, 0.2) is 24.3 Å². The maximum atomic E-state index is 5.19. The minimum atomic E-state index is 0.842. The number of rotatable bonds is 2. The predicted molar refractivity (Wildman–Crippen MR) is 61.2 cm³/mol. The zero-order valence-electron chi connectivity index (χ0n) is 9.28. The quantitative estimate of drug-likeness (QED) is 0.712. The Morgan fingerprint density at radius 3 is 2.40 bits per heavy atom. The lowest BCUT2D eigenvalue weighted by atomic mass is 9.83. The zero-order chi connectivity index (χ0) is 10.3. The lowest BCUT2D eigenvalue weighted by molar-refractivity contribution is 0.409. The SMILES string of the molecule is COc1ccc([C@@H]2C[C@@H]3CC[C@H]2C3)cc1. The largest absolute Gasteiger partial charge is 0.497 e. The summed E-state index contributed by atoms with van der Waals surface area (Å²) in [4.78, 5) is 0. The van der Waals surface area contributed by atoms with Crippen LogP contribution in [0.25, 0.3) is 0 Å². The molecule has 0 radical (unpaired) electrons. The molecule has 2 aliphatic carbocycles. The number of benzene rings is 1. The number of fused-ring (bicyclic) bond motifs is 2. The molecule has 2 saturated carbocycles. The molecular formula is C14H18O. The molecule has 1 aromatic carbocycles. The van der Waals surface area contributed by atoms with E-state index in [1.807, 2.05) is 0 Å². The highest BCUT2D eigenvalue weighted by Gasteiger charge is 2.39. The molecule has 0 N–H and O–H groups in total. The Kier molecular flexibility index (Phi) is 2.19. The monoisotopic (exact) mass is 202 g/mol. The Bertz CT molecular complexity index is 341. The number of hydrogen-bond acceptors (Lipinski definition) is 1. The number of methoxy groups -OCH3 is 1. The third-order valence-electron chi connectivity index (χ3n) is 4.28. The smallest absolute Gasteiger partial charge is 0.118 e. The Hall–Kier alpha value is -0.980. The topological polar surface area (TPSA) is 9.23 Å². The van der Waals surface area contributed by atoms with Crippen LogP contribution in [0.4, 0.5) is 0 Å². The molecule has 80 valence electrons. The zero-order valence-corrected chi connectivity index (χ0v) is 9.28. The number of ether oxygens (including phenoxy) is 1. The molecule has 0 unspecified atom stereocenters. The molecule has 0 aromatic heterocycles. The van der Waals surface area contributed by atoms with E-state index in [-0.39, 0.29) is 0 Å². The van der Waals surface area contributed by atoms with Crippen LogP contribution < -0.4 is 4.74 Å². The Labute approximate surface area is 91.5 Å². The molecule has 2 bridgehead atoms. The van der Waals surface area contributed by atoms with Crippen molar-refractivity contribution in [3.05, 3.63) is 29.8 Å². The maximum absolute atomic E-state index is 5.19. The molecule has 0 aliphatic heterocycles. The molecule has 0 amide bonds. The second kappa shape index (κ2) is 3.55. The molecule has 3 atom stereocenters. The second-order valence-electron chi connectivity index (χ2n) is 5.05. The van der Waals surface area contributed by atoms with Crippen molar-refractivity contribution in [2.24, 2.45) is 11.8 Å². The minimum absolute atomic E-state index is 0.842. The van der Waals surface area contributed by atoms with E-state index in [9.17, 15) is 0 Å². The van der Waals surface area contributed by atoms with E-state index in [0.717, 1.165) is 23.5 Å². The van der Waals surface area contributed by atoms with Gasteiger partial charge in [-0.05, 0) is 54.7 Å². The first-order valence-electron chi connectivity index (χ1n) is 6.01. The van der Waals surface area contributed by atoms with Crippen LogP contribution in [0.5, 0.6) is 5.75 Å². The molecule has 2 fully saturated rings. The van der Waals surface area contributed by atoms with Gasteiger partial charge in [0.1, 0.15) is 5.75 Å². The van der Waals surface area contributed by atoms with Gasteiger partial charge in [-0.25, -0.2) is 0 Å². The minimum Gasteiger partial charge on any atom is -0.497 e. The van der Waals surface area contributed by atoms with Gasteiger partial charge in [-0.3, -0.25) is 0 Å². The van der Waals surface area contributed by atoms with E-state index in [1.54, 1.807) is 7.11 Å². The van der Waals surface area contributed by atoms with Gasteiger partial charge in [-0.1, -0.05) is 18.6 Å². The molecule has 0 spiro atoms. The molecule has 15 heavy (non-hydrogen) atoms. The Morgan fingerprint density at radius 1 is 1.07 bits per heavy atom. The summed E-state index contributed by atoms with van der Waals surface area (Å²) in [6.45, 7) is 0. The van der Waals surface area contributed by atoms with Crippen LogP contribution in [-0.4, -0.2) is 7.11 Å². The molecular weight excluding hydrogens is 184 g/mol. The molecule has 1 nitrogen and oxygen atoms in total. The van der Waals surface area contributed by atoms with Gasteiger partial charge in [-0.2, -0.15) is 0 Å². The summed E-state index contributed by atoms with van der Waals surface area (Å²) in [7, 11) is 1.73. The third kappa shape index (κ3) is 1.54. The second-order valence-corrected chi connectivity index (χ2v) is 5.05. The lowest BCUT2D eigenvalue weighted by Gasteiger charge is -2.22. The van der Waals surface area contributed by atoms with E-state index in [0.29, 0.717) is 0 Å². The summed E-state index contributed by atoms with van der Waals surface area (Å²) < 4.78 is 5.19. The van der Waals surface area contributed by atoms with Crippen molar-refractivity contribution in [2.45, 2.75) is 31.6 Å². The summed E-state index contributed by atoms with van der Waals surface area (Å²) >= 11 is 0. The molecule has 1 heteroatoms. The normalized spacial score (nSPS) is 33.3. The van der Waals surface area contributed by atoms with Crippen molar-refractivity contribution < 1.29 is 4.74 Å². The van der Waals surface area contributed by atoms with Crippen LogP contribution in [0.3, 0.4) is 0 Å². The van der Waals surface area contributed by atoms with Gasteiger partial charge in [-0.15, -0.1) is 0 Å². The van der Waals surface area contributed by atoms with Crippen LogP contribution >= 0.6 is 0 Å². The summed E-state index contributed by atoms with van der Waals surface area (Å²) in [5.74, 6) is 3.82. The fraction of sp³-hybridized carbons (Fsp3) is 0.571. The van der Waals surface area contributed by atoms with Gasteiger partial charge in [0.2, 0.25) is 0 Å². The lowest BCUT2D eigenvalue weighted by Crippen LogP contribution is -2.08. The van der Waals surface area contributed by atoms with Crippen molar-refractivity contribution in [3.63, 3.8) is 0 Å². The van der Waals surface area contributed by atoms with Crippen LogP contribution in [-0.2, 0) is 0 Å². The van der Waals surface area contributed by atoms with E-state index >= 15 is 0 Å². The van der Waals surface area contributed by atoms with Gasteiger partial charge >= 0.3 is 0 Å². The molecule has 0 saturated heterocycles. The summed E-state index contributed by atoms with van der Waals surface area (Å²) in [5, 5.41) is 0. The van der Waals surface area contributed by atoms with Crippen LogP contribution in [0, 0.1) is 11.8 Å².